The molecule has 3 rings (SSSR count). The summed E-state index contributed by atoms with van der Waals surface area (Å²) in [5, 5.41) is 14.5. The van der Waals surface area contributed by atoms with E-state index in [4.69, 9.17) is 5.11 Å². The van der Waals surface area contributed by atoms with Gasteiger partial charge >= 0.3 is 6.18 Å². The van der Waals surface area contributed by atoms with Crippen molar-refractivity contribution in [3.63, 3.8) is 0 Å². The maximum atomic E-state index is 14.7. The van der Waals surface area contributed by atoms with Crippen LogP contribution in [-0.4, -0.2) is 48.8 Å². The van der Waals surface area contributed by atoms with Crippen molar-refractivity contribution in [3.05, 3.63) is 58.7 Å². The molecule has 0 unspecified atom stereocenters. The molecule has 0 radical (unpaired) electrons. The number of aromatic nitrogens is 2. The minimum atomic E-state index is -4.79. The van der Waals surface area contributed by atoms with E-state index < -0.39 is 39.8 Å². The molecule has 9 nitrogen and oxygen atoms in total. The van der Waals surface area contributed by atoms with E-state index in [2.05, 4.69) is 25.3 Å². The van der Waals surface area contributed by atoms with Gasteiger partial charge in [-0.3, -0.25) is 9.52 Å². The second-order valence-corrected chi connectivity index (χ2v) is 10.1. The van der Waals surface area contributed by atoms with Gasteiger partial charge in [0.1, 0.15) is 11.6 Å². The van der Waals surface area contributed by atoms with Crippen LogP contribution in [0, 0.1) is 12.7 Å². The Bertz CT molecular complexity index is 1430. The number of nitrogens with zero attached hydrogens (tertiary/aromatic N) is 2. The zero-order chi connectivity index (χ0) is 27.5. The molecule has 1 amide bonds. The largest absolute Gasteiger partial charge is 0.451 e. The van der Waals surface area contributed by atoms with Gasteiger partial charge in [-0.25, -0.2) is 22.8 Å². The monoisotopic (exact) mass is 543 g/mol. The highest BCUT2D eigenvalue weighted by Crippen LogP contribution is 2.31. The number of alkyl halides is 3. The second-order valence-electron chi connectivity index (χ2n) is 8.39. The van der Waals surface area contributed by atoms with Crippen molar-refractivity contribution in [3.8, 4) is 0 Å². The minimum absolute atomic E-state index is 0.0472. The topological polar surface area (TPSA) is 133 Å². The summed E-state index contributed by atoms with van der Waals surface area (Å²) in [6.07, 6.45) is -3.59. The van der Waals surface area contributed by atoms with Gasteiger partial charge in [-0.05, 0) is 56.2 Å². The Balaban J connectivity index is 1.90. The lowest BCUT2D eigenvalue weighted by molar-refractivity contribution is -0.144. The first kappa shape index (κ1) is 28.1. The maximum Gasteiger partial charge on any atom is 0.451 e. The number of fused-ring (bicyclic) bond motifs is 1. The van der Waals surface area contributed by atoms with Crippen molar-refractivity contribution in [1.29, 1.82) is 0 Å². The van der Waals surface area contributed by atoms with Crippen LogP contribution < -0.4 is 15.4 Å². The van der Waals surface area contributed by atoms with Crippen LogP contribution in [0.15, 0.2) is 30.3 Å². The fraction of sp³-hybridized carbons (Fsp3) is 0.348. The number of sulfonamides is 1. The molecule has 1 aromatic heterocycles. The lowest BCUT2D eigenvalue weighted by atomic mass is 10.0. The van der Waals surface area contributed by atoms with Crippen LogP contribution in [0.4, 0.5) is 29.1 Å². The first-order chi connectivity index (χ1) is 17.2. The summed E-state index contributed by atoms with van der Waals surface area (Å²) >= 11 is 0. The van der Waals surface area contributed by atoms with E-state index in [0.717, 1.165) is 12.3 Å². The van der Waals surface area contributed by atoms with Crippen molar-refractivity contribution in [2.75, 3.05) is 29.4 Å². The predicted octanol–water partition coefficient (Wildman–Crippen LogP) is 3.75. The van der Waals surface area contributed by atoms with Crippen molar-refractivity contribution in [2.45, 2.75) is 32.5 Å². The van der Waals surface area contributed by atoms with Gasteiger partial charge in [0.2, 0.25) is 15.8 Å². The number of carbonyl (C=O) groups excluding carboxylic acids is 1. The summed E-state index contributed by atoms with van der Waals surface area (Å²) in [4.78, 5) is 20.0. The molecule has 0 bridgehead atoms. The Morgan fingerprint density at radius 3 is 2.49 bits per heavy atom. The molecule has 0 saturated carbocycles. The predicted molar refractivity (Wildman–Crippen MR) is 130 cm³/mol. The van der Waals surface area contributed by atoms with E-state index in [1.54, 1.807) is 6.92 Å². The number of rotatable bonds is 9. The average Bonchev–Trinajstić information content (AvgIpc) is 2.79. The Kier molecular flexibility index (Phi) is 8.22. The maximum absolute atomic E-state index is 14.7. The van der Waals surface area contributed by atoms with E-state index >= 15 is 0 Å². The number of hydrogen-bond acceptors (Lipinski definition) is 7. The molecule has 0 aliphatic heterocycles. The molecule has 0 spiro atoms. The van der Waals surface area contributed by atoms with Crippen LogP contribution in [-0.2, 0) is 16.2 Å². The van der Waals surface area contributed by atoms with Gasteiger partial charge in [-0.2, -0.15) is 13.2 Å². The van der Waals surface area contributed by atoms with E-state index in [-0.39, 0.29) is 53.1 Å². The molecular formula is C23H25F4N5O4S. The van der Waals surface area contributed by atoms with Crippen LogP contribution >= 0.6 is 0 Å². The third-order valence-electron chi connectivity index (χ3n) is 5.29. The summed E-state index contributed by atoms with van der Waals surface area (Å²) in [6.45, 7) is 3.06. The summed E-state index contributed by atoms with van der Waals surface area (Å²) in [6, 6.07) is 5.45. The molecule has 2 aromatic carbocycles. The van der Waals surface area contributed by atoms with Gasteiger partial charge in [-0.15, -0.1) is 0 Å². The molecule has 14 heteroatoms. The molecule has 200 valence electrons. The lowest BCUT2D eigenvalue weighted by Gasteiger charge is -2.18. The number of aliphatic hydroxyl groups excluding tert-OH is 1. The number of nitrogens with one attached hydrogen (secondary N) is 3. The Hall–Kier alpha value is -3.52. The number of amides is 1. The summed E-state index contributed by atoms with van der Waals surface area (Å²) < 4.78 is 79.6. The first-order valence-electron chi connectivity index (χ1n) is 11.0. The highest BCUT2D eigenvalue weighted by atomic mass is 32.2. The van der Waals surface area contributed by atoms with Crippen LogP contribution in [0.5, 0.6) is 0 Å². The van der Waals surface area contributed by atoms with Crippen molar-refractivity contribution >= 4 is 38.3 Å². The highest BCUT2D eigenvalue weighted by Gasteiger charge is 2.35. The number of aliphatic hydroxyl groups is 1. The van der Waals surface area contributed by atoms with Crippen molar-refractivity contribution in [2.24, 2.45) is 0 Å². The van der Waals surface area contributed by atoms with Gasteiger partial charge in [0, 0.05) is 29.7 Å². The molecule has 37 heavy (non-hydrogen) atoms. The first-order valence-corrected chi connectivity index (χ1v) is 12.9. The molecule has 0 aliphatic carbocycles. The molecule has 0 aliphatic rings. The van der Waals surface area contributed by atoms with E-state index in [9.17, 15) is 30.8 Å². The third kappa shape index (κ3) is 7.04. The van der Waals surface area contributed by atoms with Gasteiger partial charge in [0.05, 0.1) is 23.5 Å². The number of carbonyl (C=O) groups is 1. The number of anilines is 2. The molecular weight excluding hydrogens is 518 g/mol. The van der Waals surface area contributed by atoms with E-state index in [1.165, 1.54) is 31.2 Å². The van der Waals surface area contributed by atoms with Crippen molar-refractivity contribution < 1.29 is 35.9 Å². The molecule has 0 saturated heterocycles. The van der Waals surface area contributed by atoms with Gasteiger partial charge in [0.15, 0.2) is 0 Å². The average molecular weight is 544 g/mol. The van der Waals surface area contributed by atoms with Gasteiger partial charge in [-0.1, -0.05) is 0 Å². The van der Waals surface area contributed by atoms with E-state index in [1.807, 2.05) is 0 Å². The SMILES string of the molecule is Cc1cc([C@@H](C)NC(=O)c2ccc3nc(C(F)(F)F)nc(NCCCO)c3c2)c(F)cc1NS(C)(=O)=O. The normalized spacial score (nSPS) is 12.9. The third-order valence-corrected chi connectivity index (χ3v) is 5.88. The Morgan fingerprint density at radius 1 is 1.16 bits per heavy atom. The Labute approximate surface area is 210 Å². The summed E-state index contributed by atoms with van der Waals surface area (Å²) in [5.74, 6) is -2.88. The van der Waals surface area contributed by atoms with Gasteiger partial charge in [0.25, 0.3) is 5.91 Å². The van der Waals surface area contributed by atoms with Crippen LogP contribution in [0.1, 0.15) is 46.7 Å². The number of hydrogen-bond donors (Lipinski definition) is 4. The number of halogens is 4. The molecule has 1 heterocycles. The molecule has 1 atom stereocenters. The van der Waals surface area contributed by atoms with Crippen LogP contribution in [0.25, 0.3) is 10.9 Å². The minimum Gasteiger partial charge on any atom is -0.396 e. The number of benzene rings is 2. The van der Waals surface area contributed by atoms with E-state index in [0.29, 0.717) is 5.56 Å². The fourth-order valence-corrected chi connectivity index (χ4v) is 4.14. The smallest absolute Gasteiger partial charge is 0.396 e. The quantitative estimate of drug-likeness (QED) is 0.239. The zero-order valence-electron chi connectivity index (χ0n) is 20.1. The molecule has 4 N–H and O–H groups in total. The highest BCUT2D eigenvalue weighted by molar-refractivity contribution is 7.92. The zero-order valence-corrected chi connectivity index (χ0v) is 20.9. The fourth-order valence-electron chi connectivity index (χ4n) is 3.52. The second kappa shape index (κ2) is 10.8. The summed E-state index contributed by atoms with van der Waals surface area (Å²) in [5.41, 5.74) is 0.630. The van der Waals surface area contributed by atoms with Crippen LogP contribution in [0.3, 0.4) is 0 Å². The van der Waals surface area contributed by atoms with Crippen molar-refractivity contribution in [1.82, 2.24) is 15.3 Å². The van der Waals surface area contributed by atoms with Crippen LogP contribution in [0.2, 0.25) is 0 Å². The Morgan fingerprint density at radius 2 is 1.86 bits per heavy atom. The summed E-state index contributed by atoms with van der Waals surface area (Å²) in [7, 11) is -3.62. The standard InChI is InChI=1S/C23H25F4N5O4S/c1-12-9-15(17(24)11-19(12)32-37(3,35)36)13(2)29-21(34)14-5-6-18-16(10-14)20(28-7-4-8-33)31-22(30-18)23(25,26)27/h5-6,9-11,13,32-33H,4,7-8H2,1-3H3,(H,29,34)(H,28,30,31)/t13-/m1/s1. The molecule has 0 fully saturated rings. The molecule has 3 aromatic rings. The number of aryl methyl sites for hydroxylation is 1. The lowest BCUT2D eigenvalue weighted by Crippen LogP contribution is -2.27. The van der Waals surface area contributed by atoms with Gasteiger partial charge < -0.3 is 15.7 Å².